The fourth-order valence-corrected chi connectivity index (χ4v) is 4.82. The molecule has 4 aromatic rings. The highest BCUT2D eigenvalue weighted by Crippen LogP contribution is 2.32. The topological polar surface area (TPSA) is 89.9 Å². The van der Waals surface area contributed by atoms with E-state index in [-0.39, 0.29) is 19.6 Å². The summed E-state index contributed by atoms with van der Waals surface area (Å²) in [7, 11) is 0. The third kappa shape index (κ3) is 9.49. The van der Waals surface area contributed by atoms with Crippen molar-refractivity contribution >= 4 is 0 Å². The molecule has 0 radical (unpaired) electrons. The van der Waals surface area contributed by atoms with Crippen molar-refractivity contribution in [2.24, 2.45) is 0 Å². The number of hydrogen-bond acceptors (Lipinski definition) is 8. The van der Waals surface area contributed by atoms with Gasteiger partial charge in [-0.2, -0.15) is 0 Å². The van der Waals surface area contributed by atoms with Crippen molar-refractivity contribution in [2.45, 2.75) is 57.6 Å². The molecule has 8 nitrogen and oxygen atoms in total. The van der Waals surface area contributed by atoms with Gasteiger partial charge < -0.3 is 34.0 Å². The molecule has 1 aliphatic heterocycles. The maximum Gasteiger partial charge on any atom is 0.190 e. The number of ether oxygens (including phenoxy) is 4. The Balaban J connectivity index is 1.46. The number of nitrogens with zero attached hydrogens (tertiary/aromatic N) is 1. The number of hydroxylamine groups is 2. The summed E-state index contributed by atoms with van der Waals surface area (Å²) < 4.78 is 25.6. The zero-order valence-electron chi connectivity index (χ0n) is 24.6. The lowest BCUT2D eigenvalue weighted by Crippen LogP contribution is -2.58. The van der Waals surface area contributed by atoms with Crippen LogP contribution in [-0.4, -0.2) is 46.5 Å². The number of aliphatic hydroxyl groups is 2. The van der Waals surface area contributed by atoms with Crippen molar-refractivity contribution < 1.29 is 34.0 Å². The van der Waals surface area contributed by atoms with Gasteiger partial charge in [0.15, 0.2) is 24.4 Å². The molecule has 0 amide bonds. The first-order chi connectivity index (χ1) is 21.7. The van der Waals surface area contributed by atoms with Crippen molar-refractivity contribution in [1.29, 1.82) is 0 Å². The third-order valence-corrected chi connectivity index (χ3v) is 7.09. The average molecular weight is 598 g/mol. The van der Waals surface area contributed by atoms with Crippen LogP contribution >= 0.6 is 0 Å². The van der Waals surface area contributed by atoms with Crippen LogP contribution in [0.4, 0.5) is 0 Å². The number of hydrogen-bond donors (Lipinski definition) is 2. The highest BCUT2D eigenvalue weighted by molar-refractivity contribution is 5.17. The molecule has 1 heterocycles. The van der Waals surface area contributed by atoms with E-state index in [1.54, 1.807) is 11.3 Å². The molecule has 1 aliphatic rings. The molecule has 0 aromatic heterocycles. The van der Waals surface area contributed by atoms with Crippen LogP contribution in [0.3, 0.4) is 0 Å². The summed E-state index contributed by atoms with van der Waals surface area (Å²) in [6, 6.07) is 39.4. The Bertz CT molecular complexity index is 1390. The van der Waals surface area contributed by atoms with Crippen molar-refractivity contribution in [3.05, 3.63) is 156 Å². The second-order valence-electron chi connectivity index (χ2n) is 10.5. The smallest absolute Gasteiger partial charge is 0.190 e. The zero-order valence-corrected chi connectivity index (χ0v) is 24.6. The SMILES string of the molecule is OC(O)CCN1O/C(=C/OCc2ccccc2)C(OCc2ccccc2)C(OCc2ccccc2)C1OCc1ccccc1. The van der Waals surface area contributed by atoms with E-state index < -0.39 is 24.7 Å². The zero-order chi connectivity index (χ0) is 30.4. The van der Waals surface area contributed by atoms with Gasteiger partial charge in [0.05, 0.1) is 19.8 Å². The minimum atomic E-state index is -1.52. The van der Waals surface area contributed by atoms with Crippen LogP contribution in [0.2, 0.25) is 0 Å². The standard InChI is InChI=1S/C36H39NO7/c38-33(39)21-22-37-36(43-26-31-19-11-4-12-20-31)35(42-25-30-17-9-3-10-18-30)34(41-24-29-15-7-2-8-16-29)32(44-37)27-40-23-28-13-5-1-6-14-28/h1-20,27,33-36,38-39H,21-26H2/b32-27+. The van der Waals surface area contributed by atoms with E-state index >= 15 is 0 Å². The Labute approximate surface area is 258 Å². The number of aliphatic hydroxyl groups excluding tert-OH is 1. The molecule has 3 unspecified atom stereocenters. The quantitative estimate of drug-likeness (QED) is 0.133. The van der Waals surface area contributed by atoms with Gasteiger partial charge in [0.2, 0.25) is 0 Å². The van der Waals surface area contributed by atoms with Crippen LogP contribution < -0.4 is 0 Å². The number of benzene rings is 4. The Morgan fingerprint density at radius 2 is 1.07 bits per heavy atom. The Kier molecular flexibility index (Phi) is 11.9. The van der Waals surface area contributed by atoms with Gasteiger partial charge in [-0.15, -0.1) is 5.06 Å². The first-order valence-electron chi connectivity index (χ1n) is 14.8. The van der Waals surface area contributed by atoms with Gasteiger partial charge in [-0.25, -0.2) is 0 Å². The Hall–Kier alpha value is -4.02. The largest absolute Gasteiger partial charge is 0.493 e. The van der Waals surface area contributed by atoms with E-state index in [0.29, 0.717) is 25.6 Å². The molecule has 8 heteroatoms. The van der Waals surface area contributed by atoms with Crippen LogP contribution in [0.15, 0.2) is 133 Å². The molecule has 0 aliphatic carbocycles. The molecule has 230 valence electrons. The van der Waals surface area contributed by atoms with E-state index in [1.807, 2.05) is 121 Å². The molecular weight excluding hydrogens is 558 g/mol. The third-order valence-electron chi connectivity index (χ3n) is 7.09. The second-order valence-corrected chi connectivity index (χ2v) is 10.5. The normalized spacial score (nSPS) is 19.6. The van der Waals surface area contributed by atoms with Gasteiger partial charge >= 0.3 is 0 Å². The van der Waals surface area contributed by atoms with Gasteiger partial charge in [0.1, 0.15) is 19.0 Å². The molecule has 1 saturated heterocycles. The molecule has 3 atom stereocenters. The van der Waals surface area contributed by atoms with Crippen LogP contribution in [0.5, 0.6) is 0 Å². The molecule has 5 rings (SSSR count). The lowest BCUT2D eigenvalue weighted by atomic mass is 10.1. The van der Waals surface area contributed by atoms with Crippen LogP contribution in [0.1, 0.15) is 28.7 Å². The van der Waals surface area contributed by atoms with Gasteiger partial charge in [0.25, 0.3) is 0 Å². The molecule has 0 bridgehead atoms. The summed E-state index contributed by atoms with van der Waals surface area (Å²) in [6.07, 6.45) is -2.05. The van der Waals surface area contributed by atoms with E-state index in [1.165, 1.54) is 0 Å². The summed E-state index contributed by atoms with van der Waals surface area (Å²) in [4.78, 5) is 6.38. The predicted molar refractivity (Wildman–Crippen MR) is 165 cm³/mol. The number of rotatable bonds is 15. The Morgan fingerprint density at radius 1 is 0.614 bits per heavy atom. The maximum atomic E-state index is 9.73. The summed E-state index contributed by atoms with van der Waals surface area (Å²) in [6.45, 7) is 1.38. The van der Waals surface area contributed by atoms with E-state index in [2.05, 4.69) is 0 Å². The molecule has 0 saturated carbocycles. The average Bonchev–Trinajstić information content (AvgIpc) is 3.07. The molecule has 44 heavy (non-hydrogen) atoms. The van der Waals surface area contributed by atoms with Crippen LogP contribution in [0.25, 0.3) is 0 Å². The van der Waals surface area contributed by atoms with Gasteiger partial charge in [-0.05, 0) is 22.3 Å². The first-order valence-corrected chi connectivity index (χ1v) is 14.8. The minimum absolute atomic E-state index is 0.0320. The van der Waals surface area contributed by atoms with Gasteiger partial charge in [0, 0.05) is 13.0 Å². The van der Waals surface area contributed by atoms with Crippen LogP contribution in [0, 0.1) is 0 Å². The van der Waals surface area contributed by atoms with E-state index in [0.717, 1.165) is 22.3 Å². The highest BCUT2D eigenvalue weighted by Gasteiger charge is 2.46. The molecule has 4 aromatic carbocycles. The van der Waals surface area contributed by atoms with E-state index in [4.69, 9.17) is 23.8 Å². The van der Waals surface area contributed by atoms with Crippen molar-refractivity contribution in [2.75, 3.05) is 6.54 Å². The van der Waals surface area contributed by atoms with Gasteiger partial charge in [-0.1, -0.05) is 121 Å². The summed E-state index contributed by atoms with van der Waals surface area (Å²) in [5.41, 5.74) is 3.96. The van der Waals surface area contributed by atoms with E-state index in [9.17, 15) is 10.2 Å². The summed E-state index contributed by atoms with van der Waals surface area (Å²) >= 11 is 0. The summed E-state index contributed by atoms with van der Waals surface area (Å²) in [5.74, 6) is 0.391. The Morgan fingerprint density at radius 3 is 1.57 bits per heavy atom. The fraction of sp³-hybridized carbons (Fsp3) is 0.278. The van der Waals surface area contributed by atoms with Crippen LogP contribution in [-0.2, 0) is 50.2 Å². The van der Waals surface area contributed by atoms with Gasteiger partial charge in [-0.3, -0.25) is 0 Å². The lowest BCUT2D eigenvalue weighted by Gasteiger charge is -2.44. The summed E-state index contributed by atoms with van der Waals surface area (Å²) in [5, 5.41) is 21.0. The highest BCUT2D eigenvalue weighted by atomic mass is 16.7. The fourth-order valence-electron chi connectivity index (χ4n) is 4.82. The predicted octanol–water partition coefficient (Wildman–Crippen LogP) is 5.71. The molecule has 1 fully saturated rings. The second kappa shape index (κ2) is 16.7. The molecular formula is C36H39NO7. The minimum Gasteiger partial charge on any atom is -0.493 e. The first kappa shape index (κ1) is 31.4. The molecule has 0 spiro atoms. The van der Waals surface area contributed by atoms with Crippen molar-refractivity contribution in [3.63, 3.8) is 0 Å². The maximum absolute atomic E-state index is 9.73. The lowest BCUT2D eigenvalue weighted by molar-refractivity contribution is -0.324. The van der Waals surface area contributed by atoms with Crippen molar-refractivity contribution in [3.8, 4) is 0 Å². The molecule has 2 N–H and O–H groups in total. The monoisotopic (exact) mass is 597 g/mol. The van der Waals surface area contributed by atoms with Crippen molar-refractivity contribution in [1.82, 2.24) is 5.06 Å².